The van der Waals surface area contributed by atoms with Gasteiger partial charge in [-0.25, -0.2) is 0 Å². The standard InChI is InChI=1S/C21H26N2O2S2/c1-3-17-6-4-5-12-22(17)19(24)11-13-23-20(25)18(27-21(23)26)14-16-9-7-15(2)8-10-16/h7-10,14,17H,3-6,11-13H2,1-2H3/b18-14-/t17-/m1/s1. The van der Waals surface area contributed by atoms with Crippen LogP contribution in [0.1, 0.15) is 50.2 Å². The number of carbonyl (C=O) groups is 2. The van der Waals surface area contributed by atoms with Crippen LogP contribution >= 0.6 is 24.0 Å². The first-order valence-corrected chi connectivity index (χ1v) is 10.8. The molecule has 0 spiro atoms. The lowest BCUT2D eigenvalue weighted by atomic mass is 9.99. The van der Waals surface area contributed by atoms with Gasteiger partial charge in [-0.3, -0.25) is 14.5 Å². The molecule has 4 nitrogen and oxygen atoms in total. The average Bonchev–Trinajstić information content (AvgIpc) is 2.94. The minimum Gasteiger partial charge on any atom is -0.340 e. The average molecular weight is 403 g/mol. The fourth-order valence-corrected chi connectivity index (χ4v) is 4.92. The summed E-state index contributed by atoms with van der Waals surface area (Å²) in [5.41, 5.74) is 2.16. The molecule has 1 aromatic rings. The Morgan fingerprint density at radius 2 is 2.04 bits per heavy atom. The van der Waals surface area contributed by atoms with Crippen LogP contribution in [0, 0.1) is 6.92 Å². The van der Waals surface area contributed by atoms with Gasteiger partial charge in [-0.2, -0.15) is 0 Å². The molecule has 3 rings (SSSR count). The number of hydrogen-bond donors (Lipinski definition) is 0. The Balaban J connectivity index is 1.62. The van der Waals surface area contributed by atoms with Crippen LogP contribution in [0.3, 0.4) is 0 Å². The summed E-state index contributed by atoms with van der Waals surface area (Å²) in [6.45, 7) is 5.37. The van der Waals surface area contributed by atoms with E-state index in [1.165, 1.54) is 23.7 Å². The number of rotatable bonds is 5. The molecular weight excluding hydrogens is 376 g/mol. The molecule has 0 N–H and O–H groups in total. The summed E-state index contributed by atoms with van der Waals surface area (Å²) in [7, 11) is 0. The predicted octanol–water partition coefficient (Wildman–Crippen LogP) is 4.38. The number of benzene rings is 1. The fourth-order valence-electron chi connectivity index (χ4n) is 3.61. The largest absolute Gasteiger partial charge is 0.340 e. The second-order valence-corrected chi connectivity index (χ2v) is 8.81. The third kappa shape index (κ3) is 4.79. The first kappa shape index (κ1) is 20.1. The topological polar surface area (TPSA) is 40.6 Å². The molecule has 144 valence electrons. The minimum absolute atomic E-state index is 0.0935. The smallest absolute Gasteiger partial charge is 0.266 e. The summed E-state index contributed by atoms with van der Waals surface area (Å²) in [5, 5.41) is 0. The van der Waals surface area contributed by atoms with Gasteiger partial charge in [0.05, 0.1) is 4.91 Å². The lowest BCUT2D eigenvalue weighted by Gasteiger charge is -2.35. The van der Waals surface area contributed by atoms with E-state index < -0.39 is 0 Å². The molecule has 2 aliphatic rings. The van der Waals surface area contributed by atoms with E-state index >= 15 is 0 Å². The molecule has 27 heavy (non-hydrogen) atoms. The molecule has 2 amide bonds. The van der Waals surface area contributed by atoms with Crippen LogP contribution in [-0.2, 0) is 9.59 Å². The van der Waals surface area contributed by atoms with Crippen molar-refractivity contribution in [3.05, 3.63) is 40.3 Å². The van der Waals surface area contributed by atoms with Crippen molar-refractivity contribution in [2.75, 3.05) is 13.1 Å². The van der Waals surface area contributed by atoms with Gasteiger partial charge in [0.15, 0.2) is 0 Å². The van der Waals surface area contributed by atoms with Gasteiger partial charge in [-0.1, -0.05) is 60.7 Å². The van der Waals surface area contributed by atoms with Crippen LogP contribution in [0.5, 0.6) is 0 Å². The quantitative estimate of drug-likeness (QED) is 0.541. The van der Waals surface area contributed by atoms with E-state index in [-0.39, 0.29) is 11.8 Å². The van der Waals surface area contributed by atoms with E-state index in [2.05, 4.69) is 6.92 Å². The number of aryl methyl sites for hydroxylation is 1. The highest BCUT2D eigenvalue weighted by atomic mass is 32.2. The van der Waals surface area contributed by atoms with Crippen molar-refractivity contribution in [1.29, 1.82) is 0 Å². The Kier molecular flexibility index (Phi) is 6.71. The van der Waals surface area contributed by atoms with Crippen molar-refractivity contribution >= 4 is 46.2 Å². The summed E-state index contributed by atoms with van der Waals surface area (Å²) < 4.78 is 0.539. The zero-order valence-corrected chi connectivity index (χ0v) is 17.6. The Hall–Kier alpha value is -1.66. The monoisotopic (exact) mass is 402 g/mol. The van der Waals surface area contributed by atoms with E-state index in [9.17, 15) is 9.59 Å². The fraction of sp³-hybridized carbons (Fsp3) is 0.476. The number of thioether (sulfide) groups is 1. The number of piperidine rings is 1. The summed E-state index contributed by atoms with van der Waals surface area (Å²) in [4.78, 5) is 29.6. The third-order valence-electron chi connectivity index (χ3n) is 5.22. The Morgan fingerprint density at radius 1 is 1.30 bits per heavy atom. The van der Waals surface area contributed by atoms with E-state index in [0.29, 0.717) is 28.2 Å². The molecule has 2 heterocycles. The van der Waals surface area contributed by atoms with Crippen LogP contribution in [0.2, 0.25) is 0 Å². The highest BCUT2D eigenvalue weighted by Crippen LogP contribution is 2.33. The molecule has 6 heteroatoms. The van der Waals surface area contributed by atoms with Gasteiger partial charge in [-0.15, -0.1) is 0 Å². The number of hydrogen-bond acceptors (Lipinski definition) is 4. The Labute approximate surface area is 171 Å². The molecule has 2 fully saturated rings. The lowest BCUT2D eigenvalue weighted by Crippen LogP contribution is -2.44. The number of amides is 2. The van der Waals surface area contributed by atoms with Crippen LogP contribution in [-0.4, -0.2) is 45.1 Å². The highest BCUT2D eigenvalue weighted by Gasteiger charge is 2.33. The minimum atomic E-state index is -0.0935. The summed E-state index contributed by atoms with van der Waals surface area (Å²) in [5.74, 6) is 0.0437. The number of likely N-dealkylation sites (tertiary alicyclic amines) is 1. The van der Waals surface area contributed by atoms with Gasteiger partial charge in [0.2, 0.25) is 5.91 Å². The van der Waals surface area contributed by atoms with Crippen LogP contribution in [0.25, 0.3) is 6.08 Å². The van der Waals surface area contributed by atoms with Gasteiger partial charge in [-0.05, 0) is 44.2 Å². The first-order chi connectivity index (χ1) is 13.0. The number of nitrogens with zero attached hydrogens (tertiary/aromatic N) is 2. The van der Waals surface area contributed by atoms with Crippen LogP contribution in [0.4, 0.5) is 0 Å². The normalized spacial score (nSPS) is 22.0. The van der Waals surface area contributed by atoms with E-state index in [1.54, 1.807) is 4.90 Å². The van der Waals surface area contributed by atoms with Crippen molar-refractivity contribution in [2.24, 2.45) is 0 Å². The second kappa shape index (κ2) is 9.02. The SMILES string of the molecule is CC[C@@H]1CCCCN1C(=O)CCN1C(=O)/C(=C/c2ccc(C)cc2)SC1=S. The van der Waals surface area contributed by atoms with Gasteiger partial charge < -0.3 is 4.90 Å². The maximum atomic E-state index is 12.7. The Morgan fingerprint density at radius 3 is 2.74 bits per heavy atom. The lowest BCUT2D eigenvalue weighted by molar-refractivity contribution is -0.135. The number of carbonyl (C=O) groups excluding carboxylic acids is 2. The molecular formula is C21H26N2O2S2. The van der Waals surface area contributed by atoms with Crippen LogP contribution < -0.4 is 0 Å². The van der Waals surface area contributed by atoms with Gasteiger partial charge in [0.25, 0.3) is 5.91 Å². The number of thiocarbonyl (C=S) groups is 1. The van der Waals surface area contributed by atoms with Crippen molar-refractivity contribution in [1.82, 2.24) is 9.80 Å². The zero-order chi connectivity index (χ0) is 19.4. The molecule has 0 aromatic heterocycles. The molecule has 0 bridgehead atoms. The molecule has 0 aliphatic carbocycles. The summed E-state index contributed by atoms with van der Waals surface area (Å²) in [6, 6.07) is 8.38. The zero-order valence-electron chi connectivity index (χ0n) is 15.9. The van der Waals surface area contributed by atoms with Gasteiger partial charge in [0, 0.05) is 25.6 Å². The van der Waals surface area contributed by atoms with Gasteiger partial charge in [0.1, 0.15) is 4.32 Å². The highest BCUT2D eigenvalue weighted by molar-refractivity contribution is 8.26. The third-order valence-corrected chi connectivity index (χ3v) is 6.59. The molecule has 0 saturated carbocycles. The molecule has 0 radical (unpaired) electrons. The maximum absolute atomic E-state index is 12.7. The molecule has 0 unspecified atom stereocenters. The predicted molar refractivity (Wildman–Crippen MR) is 115 cm³/mol. The maximum Gasteiger partial charge on any atom is 0.266 e. The van der Waals surface area contributed by atoms with E-state index in [0.717, 1.165) is 31.4 Å². The van der Waals surface area contributed by atoms with Gasteiger partial charge >= 0.3 is 0 Å². The molecule has 1 atom stereocenters. The van der Waals surface area contributed by atoms with Crippen molar-refractivity contribution in [3.8, 4) is 0 Å². The van der Waals surface area contributed by atoms with E-state index in [1.807, 2.05) is 42.2 Å². The van der Waals surface area contributed by atoms with Crippen LogP contribution in [0.15, 0.2) is 29.2 Å². The molecule has 2 aliphatic heterocycles. The van der Waals surface area contributed by atoms with E-state index in [4.69, 9.17) is 12.2 Å². The van der Waals surface area contributed by atoms with Crippen molar-refractivity contribution in [3.63, 3.8) is 0 Å². The second-order valence-electron chi connectivity index (χ2n) is 7.14. The summed E-state index contributed by atoms with van der Waals surface area (Å²) in [6.07, 6.45) is 6.55. The summed E-state index contributed by atoms with van der Waals surface area (Å²) >= 11 is 6.71. The first-order valence-electron chi connectivity index (χ1n) is 9.61. The van der Waals surface area contributed by atoms with Crippen molar-refractivity contribution in [2.45, 2.75) is 52.0 Å². The molecule has 1 aromatic carbocycles. The Bertz CT molecular complexity index is 758. The van der Waals surface area contributed by atoms with Crippen molar-refractivity contribution < 1.29 is 9.59 Å². The molecule has 2 saturated heterocycles.